The molecule has 0 bridgehead atoms. The zero-order chi connectivity index (χ0) is 27.8. The number of fused-ring (bicyclic) bond motifs is 1. The minimum atomic E-state index is -1.02. The first-order chi connectivity index (χ1) is 19.4. The molecule has 0 atom stereocenters. The summed E-state index contributed by atoms with van der Waals surface area (Å²) in [6, 6.07) is 22.7. The number of nitrogens with two attached hydrogens (primary N) is 1. The van der Waals surface area contributed by atoms with Gasteiger partial charge in [0.2, 0.25) is 5.88 Å². The van der Waals surface area contributed by atoms with E-state index < -0.39 is 5.97 Å². The van der Waals surface area contributed by atoms with E-state index in [1.54, 1.807) is 36.1 Å². The number of carbonyl (C=O) groups is 1. The Labute approximate surface area is 233 Å². The molecule has 4 N–H and O–H groups in total. The number of aryl methyl sites for hydroxylation is 1. The van der Waals surface area contributed by atoms with Crippen molar-refractivity contribution in [2.45, 2.75) is 13.5 Å². The first kappa shape index (κ1) is 25.3. The van der Waals surface area contributed by atoms with Gasteiger partial charge in [-0.2, -0.15) is 5.10 Å². The van der Waals surface area contributed by atoms with Gasteiger partial charge < -0.3 is 20.6 Å². The Hall–Kier alpha value is -4.99. The number of ether oxygens (including phenoxy) is 1. The third kappa shape index (κ3) is 4.68. The minimum Gasteiger partial charge on any atom is -0.478 e. The Morgan fingerprint density at radius 2 is 1.73 bits per heavy atom. The largest absolute Gasteiger partial charge is 0.478 e. The van der Waals surface area contributed by atoms with Gasteiger partial charge in [0.15, 0.2) is 0 Å². The molecule has 3 heterocycles. The van der Waals surface area contributed by atoms with Crippen molar-refractivity contribution in [2.75, 3.05) is 0 Å². The normalized spacial score (nSPS) is 11.2. The predicted molar refractivity (Wildman–Crippen MR) is 153 cm³/mol. The number of hydrogen-bond donors (Lipinski definition) is 3. The van der Waals surface area contributed by atoms with Gasteiger partial charge in [0.1, 0.15) is 18.4 Å². The number of halogens is 1. The number of nitrogens with zero attached hydrogens (tertiary/aromatic N) is 4. The summed E-state index contributed by atoms with van der Waals surface area (Å²) in [7, 11) is 0. The van der Waals surface area contributed by atoms with Gasteiger partial charge in [-0.25, -0.2) is 19.4 Å². The summed E-state index contributed by atoms with van der Waals surface area (Å²) >= 11 is 6.67. The highest BCUT2D eigenvalue weighted by Crippen LogP contribution is 2.36. The maximum absolute atomic E-state index is 11.5. The van der Waals surface area contributed by atoms with E-state index in [2.05, 4.69) is 15.1 Å². The Bertz CT molecular complexity index is 1850. The van der Waals surface area contributed by atoms with Gasteiger partial charge in [0.05, 0.1) is 38.6 Å². The van der Waals surface area contributed by atoms with Gasteiger partial charge >= 0.3 is 5.97 Å². The molecule has 198 valence electrons. The number of pyridine rings is 1. The summed E-state index contributed by atoms with van der Waals surface area (Å²) < 4.78 is 7.73. The zero-order valence-corrected chi connectivity index (χ0v) is 22.1. The molecule has 6 aromatic rings. The average molecular weight is 551 g/mol. The van der Waals surface area contributed by atoms with Gasteiger partial charge in [-0.15, -0.1) is 0 Å². The van der Waals surface area contributed by atoms with Crippen LogP contribution in [-0.2, 0) is 6.54 Å². The Kier molecular flexibility index (Phi) is 6.51. The number of nitrogens with one attached hydrogen (secondary N) is 1. The topological polar surface area (TPSA) is 132 Å². The van der Waals surface area contributed by atoms with E-state index in [1.807, 2.05) is 48.5 Å². The van der Waals surface area contributed by atoms with Crippen molar-refractivity contribution >= 4 is 28.6 Å². The van der Waals surface area contributed by atoms with Crippen LogP contribution in [0.4, 0.5) is 0 Å². The van der Waals surface area contributed by atoms with Crippen LogP contribution in [0, 0.1) is 6.92 Å². The average Bonchev–Trinajstić information content (AvgIpc) is 3.61. The molecule has 10 heteroatoms. The number of benzene rings is 3. The molecule has 0 spiro atoms. The Morgan fingerprint density at radius 1 is 1.02 bits per heavy atom. The lowest BCUT2D eigenvalue weighted by atomic mass is 10.0. The van der Waals surface area contributed by atoms with Crippen LogP contribution < -0.4 is 10.5 Å². The van der Waals surface area contributed by atoms with Crippen molar-refractivity contribution < 1.29 is 14.6 Å². The quantitative estimate of drug-likeness (QED) is 0.210. The van der Waals surface area contributed by atoms with E-state index in [1.165, 1.54) is 12.4 Å². The summed E-state index contributed by atoms with van der Waals surface area (Å²) in [5.74, 6) is -0.255. The minimum absolute atomic E-state index is 0.157. The molecule has 9 nitrogen and oxygen atoms in total. The highest BCUT2D eigenvalue weighted by atomic mass is 35.5. The number of H-pyrrole nitrogens is 1. The molecule has 0 unspecified atom stereocenters. The summed E-state index contributed by atoms with van der Waals surface area (Å²) in [6.07, 6.45) is 3.16. The van der Waals surface area contributed by atoms with Crippen LogP contribution in [-0.4, -0.2) is 35.8 Å². The molecule has 3 aromatic carbocycles. The molecule has 0 aliphatic rings. The van der Waals surface area contributed by atoms with E-state index in [-0.39, 0.29) is 12.1 Å². The fraction of sp³-hybridized carbons (Fsp3) is 0.0667. The fourth-order valence-electron chi connectivity index (χ4n) is 4.58. The molecular weight excluding hydrogens is 528 g/mol. The fourth-order valence-corrected chi connectivity index (χ4v) is 4.84. The molecule has 0 aliphatic carbocycles. The van der Waals surface area contributed by atoms with Crippen LogP contribution in [0.5, 0.6) is 11.6 Å². The summed E-state index contributed by atoms with van der Waals surface area (Å²) in [6.45, 7) is 1.89. The third-order valence-corrected chi connectivity index (χ3v) is 6.98. The number of aromatic carboxylic acids is 1. The van der Waals surface area contributed by atoms with Crippen molar-refractivity contribution in [3.63, 3.8) is 0 Å². The summed E-state index contributed by atoms with van der Waals surface area (Å²) in [5.41, 5.74) is 13.4. The number of carboxylic acids is 1. The number of rotatable bonds is 7. The molecule has 0 saturated carbocycles. The van der Waals surface area contributed by atoms with Gasteiger partial charge in [0, 0.05) is 12.1 Å². The van der Waals surface area contributed by atoms with Gasteiger partial charge in [-0.3, -0.25) is 0 Å². The Morgan fingerprint density at radius 3 is 2.38 bits per heavy atom. The van der Waals surface area contributed by atoms with Gasteiger partial charge in [-0.1, -0.05) is 54.1 Å². The molecule has 0 aliphatic heterocycles. The van der Waals surface area contributed by atoms with E-state index in [9.17, 15) is 9.90 Å². The van der Waals surface area contributed by atoms with Crippen molar-refractivity contribution in [3.8, 4) is 39.7 Å². The number of aromatic amines is 1. The highest BCUT2D eigenvalue weighted by molar-refractivity contribution is 6.33. The lowest BCUT2D eigenvalue weighted by molar-refractivity contribution is 0.0695. The van der Waals surface area contributed by atoms with E-state index in [0.29, 0.717) is 44.5 Å². The van der Waals surface area contributed by atoms with Gasteiger partial charge in [0.25, 0.3) is 0 Å². The standard InChI is InChI=1S/C30H23ClN6O3/c1-17-2-11-22(12-23(17)30(38)39)40-29-24(14-32)28-26(35-29)13-25(31)27(36-28)20-5-3-18(4-6-20)19-7-9-21(10-8-19)37-16-33-15-34-37/h2-13,15-16,35H,14,32H2,1H3,(H,38,39). The maximum atomic E-state index is 11.5. The van der Waals surface area contributed by atoms with Gasteiger partial charge in [-0.05, 0) is 53.9 Å². The summed E-state index contributed by atoms with van der Waals surface area (Å²) in [5, 5.41) is 14.1. The zero-order valence-electron chi connectivity index (χ0n) is 21.3. The van der Waals surface area contributed by atoms with Crippen molar-refractivity contribution in [3.05, 3.63) is 107 Å². The molecule has 0 fully saturated rings. The third-order valence-electron chi connectivity index (χ3n) is 6.69. The van der Waals surface area contributed by atoms with Crippen LogP contribution in [0.15, 0.2) is 85.5 Å². The Balaban J connectivity index is 1.31. The highest BCUT2D eigenvalue weighted by Gasteiger charge is 2.18. The molecular formula is C30H23ClN6O3. The first-order valence-electron chi connectivity index (χ1n) is 12.4. The lowest BCUT2D eigenvalue weighted by Crippen LogP contribution is -2.01. The van der Waals surface area contributed by atoms with E-state index >= 15 is 0 Å². The molecule has 40 heavy (non-hydrogen) atoms. The molecule has 3 aromatic heterocycles. The molecule has 6 rings (SSSR count). The summed E-state index contributed by atoms with van der Waals surface area (Å²) in [4.78, 5) is 23.6. The van der Waals surface area contributed by atoms with Crippen molar-refractivity contribution in [2.24, 2.45) is 5.73 Å². The van der Waals surface area contributed by atoms with Crippen LogP contribution in [0.1, 0.15) is 21.5 Å². The van der Waals surface area contributed by atoms with Crippen LogP contribution >= 0.6 is 11.6 Å². The van der Waals surface area contributed by atoms with Crippen LogP contribution in [0.2, 0.25) is 5.02 Å². The van der Waals surface area contributed by atoms with Crippen LogP contribution in [0.25, 0.3) is 39.1 Å². The predicted octanol–water partition coefficient (Wildman–Crippen LogP) is 6.39. The lowest BCUT2D eigenvalue weighted by Gasteiger charge is -2.08. The first-order valence-corrected chi connectivity index (χ1v) is 12.8. The van der Waals surface area contributed by atoms with Crippen LogP contribution in [0.3, 0.4) is 0 Å². The SMILES string of the molecule is Cc1ccc(Oc2[nH]c3cc(Cl)c(-c4ccc(-c5ccc(-n6cncn6)cc5)cc4)nc3c2CN)cc1C(=O)O. The van der Waals surface area contributed by atoms with E-state index in [0.717, 1.165) is 22.4 Å². The monoisotopic (exact) mass is 550 g/mol. The smallest absolute Gasteiger partial charge is 0.336 e. The molecule has 0 radical (unpaired) electrons. The molecule has 0 amide bonds. The van der Waals surface area contributed by atoms with Crippen molar-refractivity contribution in [1.82, 2.24) is 24.7 Å². The number of aromatic nitrogens is 5. The van der Waals surface area contributed by atoms with Crippen molar-refractivity contribution in [1.29, 1.82) is 0 Å². The second kappa shape index (κ2) is 10.3. The molecule has 0 saturated heterocycles. The number of carboxylic acid groups (broad SMARTS) is 1. The maximum Gasteiger partial charge on any atom is 0.336 e. The second-order valence-electron chi connectivity index (χ2n) is 9.20. The van der Waals surface area contributed by atoms with E-state index in [4.69, 9.17) is 27.1 Å². The number of hydrogen-bond acceptors (Lipinski definition) is 6. The second-order valence-corrected chi connectivity index (χ2v) is 9.61.